The molecule has 0 aliphatic heterocycles. The molecule has 8 nitrogen and oxygen atoms in total. The van der Waals surface area contributed by atoms with Crippen molar-refractivity contribution in [2.24, 2.45) is 0 Å². The number of halogens is 1. The van der Waals surface area contributed by atoms with Crippen LogP contribution in [0.15, 0.2) is 52.4 Å². The first-order valence-corrected chi connectivity index (χ1v) is 8.71. The molecule has 29 heavy (non-hydrogen) atoms. The molecule has 0 aliphatic rings. The molecule has 144 valence electrons. The molecule has 0 atom stereocenters. The lowest BCUT2D eigenvalue weighted by Crippen LogP contribution is -2.42. The van der Waals surface area contributed by atoms with Crippen molar-refractivity contribution in [3.05, 3.63) is 80.8 Å². The van der Waals surface area contributed by atoms with Crippen molar-refractivity contribution in [2.75, 3.05) is 0 Å². The summed E-state index contributed by atoms with van der Waals surface area (Å²) in [4.78, 5) is 30.4. The molecule has 9 heteroatoms. The van der Waals surface area contributed by atoms with Crippen molar-refractivity contribution in [1.82, 2.24) is 23.9 Å². The summed E-state index contributed by atoms with van der Waals surface area (Å²) in [5.41, 5.74) is 0.672. The first-order chi connectivity index (χ1) is 13.9. The maximum Gasteiger partial charge on any atom is 0.336 e. The van der Waals surface area contributed by atoms with Gasteiger partial charge in [-0.15, -0.1) is 0 Å². The van der Waals surface area contributed by atoms with Gasteiger partial charge in [0.2, 0.25) is 0 Å². The lowest BCUT2D eigenvalue weighted by Gasteiger charge is -2.15. The summed E-state index contributed by atoms with van der Waals surface area (Å²) in [5.74, 6) is -0.425. The van der Waals surface area contributed by atoms with E-state index in [1.54, 1.807) is 26.1 Å². The second-order valence-electron chi connectivity index (χ2n) is 6.60. The predicted molar refractivity (Wildman–Crippen MR) is 104 cm³/mol. The van der Waals surface area contributed by atoms with Gasteiger partial charge < -0.3 is 0 Å². The summed E-state index contributed by atoms with van der Waals surface area (Å²) in [5, 5.41) is 14.0. The zero-order chi connectivity index (χ0) is 20.7. The number of rotatable bonds is 3. The van der Waals surface area contributed by atoms with Crippen LogP contribution in [-0.2, 0) is 6.54 Å². The lowest BCUT2D eigenvalue weighted by molar-refractivity contribution is 0.629. The van der Waals surface area contributed by atoms with Crippen LogP contribution in [0.2, 0.25) is 0 Å². The third-order valence-corrected chi connectivity index (χ3v) is 4.62. The second kappa shape index (κ2) is 6.83. The molecule has 0 amide bonds. The highest BCUT2D eigenvalue weighted by Gasteiger charge is 2.20. The van der Waals surface area contributed by atoms with Crippen molar-refractivity contribution in [1.29, 1.82) is 5.26 Å². The molecule has 1 aromatic carbocycles. The van der Waals surface area contributed by atoms with Gasteiger partial charge in [-0.1, -0.05) is 0 Å². The lowest BCUT2D eigenvalue weighted by atomic mass is 10.2. The number of fused-ring (bicyclic) bond motifs is 1. The van der Waals surface area contributed by atoms with E-state index in [0.717, 1.165) is 10.1 Å². The average molecular weight is 390 g/mol. The maximum absolute atomic E-state index is 13.6. The van der Waals surface area contributed by atoms with E-state index in [-0.39, 0.29) is 23.6 Å². The summed E-state index contributed by atoms with van der Waals surface area (Å²) in [6.45, 7) is 3.12. The molecule has 3 heterocycles. The molecule has 4 rings (SSSR count). The standard InChI is InChI=1S/C20H15FN6O2/c1-12-7-16(10-23-9-12)27-19(28)18(13(2)25(6-5-22)20(27)29)26-11-14-8-15(21)3-4-17(14)24-26/h3-4,7-11H,6H2,1-2H3. The maximum atomic E-state index is 13.6. The van der Waals surface area contributed by atoms with Gasteiger partial charge in [-0.2, -0.15) is 10.4 Å². The van der Waals surface area contributed by atoms with E-state index >= 15 is 0 Å². The van der Waals surface area contributed by atoms with Crippen LogP contribution in [0, 0.1) is 31.0 Å². The Balaban J connectivity index is 2.09. The van der Waals surface area contributed by atoms with Crippen LogP contribution < -0.4 is 11.2 Å². The Bertz CT molecular complexity index is 1420. The Kier molecular flexibility index (Phi) is 4.31. The molecule has 0 spiro atoms. The zero-order valence-electron chi connectivity index (χ0n) is 15.6. The number of nitrogens with zero attached hydrogens (tertiary/aromatic N) is 6. The number of hydrogen-bond acceptors (Lipinski definition) is 5. The van der Waals surface area contributed by atoms with Crippen LogP contribution in [0.1, 0.15) is 11.3 Å². The monoisotopic (exact) mass is 390 g/mol. The van der Waals surface area contributed by atoms with Gasteiger partial charge in [0, 0.05) is 17.8 Å². The van der Waals surface area contributed by atoms with Crippen LogP contribution in [0.4, 0.5) is 4.39 Å². The molecular weight excluding hydrogens is 375 g/mol. The van der Waals surface area contributed by atoms with Gasteiger partial charge in [0.05, 0.1) is 29.2 Å². The minimum Gasteiger partial charge on any atom is -0.282 e. The number of aryl methyl sites for hydroxylation is 1. The highest BCUT2D eigenvalue weighted by molar-refractivity contribution is 5.78. The smallest absolute Gasteiger partial charge is 0.282 e. The van der Waals surface area contributed by atoms with Crippen LogP contribution in [0.3, 0.4) is 0 Å². The molecule has 4 aromatic rings. The summed E-state index contributed by atoms with van der Waals surface area (Å²) in [6.07, 6.45) is 4.52. The third-order valence-electron chi connectivity index (χ3n) is 4.62. The van der Waals surface area contributed by atoms with E-state index in [1.807, 2.05) is 6.07 Å². The average Bonchev–Trinajstić information content (AvgIpc) is 3.08. The molecule has 0 aliphatic carbocycles. The normalized spacial score (nSPS) is 11.0. The van der Waals surface area contributed by atoms with Gasteiger partial charge in [0.25, 0.3) is 5.56 Å². The van der Waals surface area contributed by atoms with Crippen LogP contribution in [0.25, 0.3) is 22.3 Å². The summed E-state index contributed by atoms with van der Waals surface area (Å²) in [6, 6.07) is 7.68. The van der Waals surface area contributed by atoms with Crippen molar-refractivity contribution in [2.45, 2.75) is 20.4 Å². The molecule has 0 radical (unpaired) electrons. The highest BCUT2D eigenvalue weighted by Crippen LogP contribution is 2.17. The van der Waals surface area contributed by atoms with Crippen LogP contribution in [0.5, 0.6) is 0 Å². The van der Waals surface area contributed by atoms with E-state index in [9.17, 15) is 19.2 Å². The van der Waals surface area contributed by atoms with E-state index in [2.05, 4.69) is 10.1 Å². The topological polar surface area (TPSA) is 98.5 Å². The highest BCUT2D eigenvalue weighted by atomic mass is 19.1. The van der Waals surface area contributed by atoms with E-state index < -0.39 is 17.1 Å². The fraction of sp³-hybridized carbons (Fsp3) is 0.150. The van der Waals surface area contributed by atoms with E-state index in [1.165, 1.54) is 39.8 Å². The van der Waals surface area contributed by atoms with Crippen molar-refractivity contribution in [3.8, 4) is 17.4 Å². The number of hydrogen-bond donors (Lipinski definition) is 0. The molecule has 0 saturated heterocycles. The SMILES string of the molecule is Cc1cncc(-n2c(=O)c(-n3cc4cc(F)ccc4n3)c(C)n(CC#N)c2=O)c1. The van der Waals surface area contributed by atoms with E-state index in [0.29, 0.717) is 10.9 Å². The number of nitriles is 1. The van der Waals surface area contributed by atoms with Crippen molar-refractivity contribution >= 4 is 10.9 Å². The summed E-state index contributed by atoms with van der Waals surface area (Å²) in [7, 11) is 0. The van der Waals surface area contributed by atoms with Crippen molar-refractivity contribution in [3.63, 3.8) is 0 Å². The Morgan fingerprint density at radius 2 is 1.97 bits per heavy atom. The molecule has 0 unspecified atom stereocenters. The number of benzene rings is 1. The largest absolute Gasteiger partial charge is 0.336 e. The second-order valence-corrected chi connectivity index (χ2v) is 6.60. The Morgan fingerprint density at radius 1 is 1.17 bits per heavy atom. The first-order valence-electron chi connectivity index (χ1n) is 8.71. The summed E-state index contributed by atoms with van der Waals surface area (Å²) < 4.78 is 17.0. The predicted octanol–water partition coefficient (Wildman–Crippen LogP) is 2.01. The zero-order valence-corrected chi connectivity index (χ0v) is 15.6. The Labute approximate surface area is 163 Å². The molecule has 0 bridgehead atoms. The van der Waals surface area contributed by atoms with Gasteiger partial charge >= 0.3 is 5.69 Å². The van der Waals surface area contributed by atoms with Crippen LogP contribution >= 0.6 is 0 Å². The molecule has 0 N–H and O–H groups in total. The van der Waals surface area contributed by atoms with E-state index in [4.69, 9.17) is 0 Å². The first kappa shape index (κ1) is 18.3. The van der Waals surface area contributed by atoms with Gasteiger partial charge in [-0.05, 0) is 43.7 Å². The fourth-order valence-electron chi connectivity index (χ4n) is 3.26. The minimum atomic E-state index is -0.645. The van der Waals surface area contributed by atoms with Gasteiger partial charge in [0.15, 0.2) is 0 Å². The Hall–Kier alpha value is -4.06. The van der Waals surface area contributed by atoms with Gasteiger partial charge in [-0.3, -0.25) is 14.3 Å². The molecule has 0 saturated carbocycles. The van der Waals surface area contributed by atoms with Crippen LogP contribution in [-0.4, -0.2) is 23.9 Å². The van der Waals surface area contributed by atoms with Crippen molar-refractivity contribution < 1.29 is 4.39 Å². The minimum absolute atomic E-state index is 0.0953. The molecular formula is C20H15FN6O2. The number of aromatic nitrogens is 5. The fourth-order valence-corrected chi connectivity index (χ4v) is 3.26. The summed E-state index contributed by atoms with van der Waals surface area (Å²) >= 11 is 0. The number of pyridine rings is 1. The molecule has 0 fully saturated rings. The quantitative estimate of drug-likeness (QED) is 0.533. The molecule has 3 aromatic heterocycles. The van der Waals surface area contributed by atoms with Gasteiger partial charge in [0.1, 0.15) is 18.0 Å². The van der Waals surface area contributed by atoms with Gasteiger partial charge in [-0.25, -0.2) is 18.4 Å². The third kappa shape index (κ3) is 3.00. The Morgan fingerprint density at radius 3 is 2.69 bits per heavy atom.